The van der Waals surface area contributed by atoms with Crippen LogP contribution in [-0.4, -0.2) is 42.8 Å². The van der Waals surface area contributed by atoms with Gasteiger partial charge in [-0.15, -0.1) is 0 Å². The highest BCUT2D eigenvalue weighted by atomic mass is 35.5. The number of likely N-dealkylation sites (N-methyl/N-ethyl adjacent to an activating group) is 1. The van der Waals surface area contributed by atoms with E-state index in [4.69, 9.17) is 21.1 Å². The van der Waals surface area contributed by atoms with E-state index in [2.05, 4.69) is 53.3 Å². The minimum Gasteiger partial charge on any atom is -0.490 e. The summed E-state index contributed by atoms with van der Waals surface area (Å²) >= 11 is 6.25. The summed E-state index contributed by atoms with van der Waals surface area (Å²) in [5, 5.41) is 2.04. The van der Waals surface area contributed by atoms with Crippen LogP contribution in [0, 0.1) is 0 Å². The number of rotatable bonds is 3. The highest BCUT2D eigenvalue weighted by Crippen LogP contribution is 2.38. The molecule has 2 aliphatic rings. The van der Waals surface area contributed by atoms with E-state index in [1.165, 1.54) is 22.2 Å². The highest BCUT2D eigenvalue weighted by Gasteiger charge is 2.29. The number of nitrogens with zero attached hydrogens (tertiary/aromatic N) is 1. The Balaban J connectivity index is 1.45. The first-order valence-corrected chi connectivity index (χ1v) is 10.4. The summed E-state index contributed by atoms with van der Waals surface area (Å²) in [6.07, 6.45) is 3.23. The lowest BCUT2D eigenvalue weighted by molar-refractivity contribution is 0.0255. The lowest BCUT2D eigenvalue weighted by Crippen LogP contribution is -2.32. The van der Waals surface area contributed by atoms with Crippen LogP contribution in [0.1, 0.15) is 35.7 Å². The van der Waals surface area contributed by atoms with E-state index >= 15 is 0 Å². The topological polar surface area (TPSA) is 37.5 Å². The number of hydrogen-bond acceptors (Lipinski definition) is 3. The predicted octanol–water partition coefficient (Wildman–Crippen LogP) is 4.96. The molecule has 2 aliphatic heterocycles. The molecule has 1 saturated heterocycles. The van der Waals surface area contributed by atoms with E-state index in [9.17, 15) is 0 Å². The Labute approximate surface area is 170 Å². The molecule has 4 nitrogen and oxygen atoms in total. The van der Waals surface area contributed by atoms with Crippen molar-refractivity contribution in [3.05, 3.63) is 64.3 Å². The van der Waals surface area contributed by atoms with E-state index in [1.807, 2.05) is 6.07 Å². The third-order valence-corrected chi connectivity index (χ3v) is 6.23. The molecule has 0 radical (unpaired) electrons. The molecule has 1 aromatic heterocycles. The van der Waals surface area contributed by atoms with Crippen LogP contribution in [0.5, 0.6) is 5.75 Å². The standard InChI is InChI=1S/C23H25ClN2O2/c1-26-11-8-19-20-14-16(24)4-7-21(20)25-22(19)23(26)15-2-5-17(6-3-15)28-18-9-12-27-13-10-18/h2-7,14,18,23,25H,8-13H2,1H3. The van der Waals surface area contributed by atoms with Crippen molar-refractivity contribution in [1.82, 2.24) is 9.88 Å². The number of aromatic nitrogens is 1. The van der Waals surface area contributed by atoms with Crippen LogP contribution in [0.25, 0.3) is 10.9 Å². The molecule has 28 heavy (non-hydrogen) atoms. The van der Waals surface area contributed by atoms with Gasteiger partial charge in [0, 0.05) is 41.0 Å². The molecule has 0 amide bonds. The predicted molar refractivity (Wildman–Crippen MR) is 112 cm³/mol. The molecule has 0 bridgehead atoms. The van der Waals surface area contributed by atoms with Crippen LogP contribution < -0.4 is 4.74 Å². The number of fused-ring (bicyclic) bond motifs is 3. The molecule has 0 spiro atoms. The summed E-state index contributed by atoms with van der Waals surface area (Å²) in [5.41, 5.74) is 5.11. The van der Waals surface area contributed by atoms with Crippen molar-refractivity contribution < 1.29 is 9.47 Å². The fourth-order valence-electron chi connectivity index (χ4n) is 4.52. The zero-order valence-electron chi connectivity index (χ0n) is 16.1. The van der Waals surface area contributed by atoms with Crippen molar-refractivity contribution in [2.45, 2.75) is 31.4 Å². The van der Waals surface area contributed by atoms with Gasteiger partial charge in [0.2, 0.25) is 0 Å². The average molecular weight is 397 g/mol. The van der Waals surface area contributed by atoms with Crippen LogP contribution in [-0.2, 0) is 11.2 Å². The van der Waals surface area contributed by atoms with Crippen molar-refractivity contribution in [2.75, 3.05) is 26.8 Å². The molecule has 146 valence electrons. The second kappa shape index (κ2) is 7.43. The second-order valence-electron chi connectivity index (χ2n) is 7.84. The third kappa shape index (κ3) is 3.30. The monoisotopic (exact) mass is 396 g/mol. The molecule has 5 rings (SSSR count). The summed E-state index contributed by atoms with van der Waals surface area (Å²) in [5.74, 6) is 0.942. The van der Waals surface area contributed by atoms with Gasteiger partial charge in [-0.05, 0) is 54.9 Å². The molecule has 3 aromatic rings. The van der Waals surface area contributed by atoms with Gasteiger partial charge < -0.3 is 14.5 Å². The van der Waals surface area contributed by atoms with Gasteiger partial charge in [0.25, 0.3) is 0 Å². The maximum absolute atomic E-state index is 6.25. The van der Waals surface area contributed by atoms with Gasteiger partial charge in [-0.3, -0.25) is 4.90 Å². The summed E-state index contributed by atoms with van der Waals surface area (Å²) < 4.78 is 11.6. The number of benzene rings is 2. The minimum absolute atomic E-state index is 0.215. The summed E-state index contributed by atoms with van der Waals surface area (Å²) in [6.45, 7) is 2.61. The van der Waals surface area contributed by atoms with E-state index < -0.39 is 0 Å². The molecule has 2 aromatic carbocycles. The van der Waals surface area contributed by atoms with Crippen LogP contribution >= 0.6 is 11.6 Å². The zero-order chi connectivity index (χ0) is 19.1. The molecular formula is C23H25ClN2O2. The van der Waals surface area contributed by atoms with Gasteiger partial charge in [0.05, 0.1) is 19.3 Å². The number of nitrogens with one attached hydrogen (secondary N) is 1. The molecular weight excluding hydrogens is 372 g/mol. The molecule has 1 atom stereocenters. The Morgan fingerprint density at radius 1 is 1.11 bits per heavy atom. The number of hydrogen-bond donors (Lipinski definition) is 1. The molecule has 5 heteroatoms. The number of ether oxygens (including phenoxy) is 2. The fraction of sp³-hybridized carbons (Fsp3) is 0.391. The fourth-order valence-corrected chi connectivity index (χ4v) is 4.69. The molecule has 1 fully saturated rings. The Morgan fingerprint density at radius 3 is 2.68 bits per heavy atom. The Kier molecular flexibility index (Phi) is 4.79. The van der Waals surface area contributed by atoms with Gasteiger partial charge in [-0.2, -0.15) is 0 Å². The summed E-state index contributed by atoms with van der Waals surface area (Å²) in [4.78, 5) is 6.07. The van der Waals surface area contributed by atoms with E-state index in [0.717, 1.165) is 55.3 Å². The molecule has 3 heterocycles. The maximum atomic E-state index is 6.25. The SMILES string of the molecule is CN1CCc2c([nH]c3ccc(Cl)cc23)C1c1ccc(OC2CCOCC2)cc1. The maximum Gasteiger partial charge on any atom is 0.119 e. The van der Waals surface area contributed by atoms with E-state index in [-0.39, 0.29) is 12.1 Å². The Hall–Kier alpha value is -2.01. The van der Waals surface area contributed by atoms with Crippen molar-refractivity contribution in [3.8, 4) is 5.75 Å². The largest absolute Gasteiger partial charge is 0.490 e. The van der Waals surface area contributed by atoms with Crippen LogP contribution in [0.2, 0.25) is 5.02 Å². The van der Waals surface area contributed by atoms with Crippen molar-refractivity contribution in [2.24, 2.45) is 0 Å². The molecule has 0 aliphatic carbocycles. The van der Waals surface area contributed by atoms with Crippen LogP contribution in [0.15, 0.2) is 42.5 Å². The third-order valence-electron chi connectivity index (χ3n) is 6.00. The van der Waals surface area contributed by atoms with Crippen molar-refractivity contribution in [1.29, 1.82) is 0 Å². The lowest BCUT2D eigenvalue weighted by Gasteiger charge is -2.33. The van der Waals surface area contributed by atoms with Crippen molar-refractivity contribution in [3.63, 3.8) is 0 Å². The Morgan fingerprint density at radius 2 is 1.89 bits per heavy atom. The van der Waals surface area contributed by atoms with Gasteiger partial charge in [-0.25, -0.2) is 0 Å². The van der Waals surface area contributed by atoms with Crippen LogP contribution in [0.4, 0.5) is 0 Å². The number of H-pyrrole nitrogens is 1. The van der Waals surface area contributed by atoms with Gasteiger partial charge in [-0.1, -0.05) is 23.7 Å². The Bertz CT molecular complexity index is 976. The number of aromatic amines is 1. The van der Waals surface area contributed by atoms with E-state index in [0.29, 0.717) is 0 Å². The first-order chi connectivity index (χ1) is 13.7. The molecule has 1 N–H and O–H groups in total. The summed E-state index contributed by atoms with van der Waals surface area (Å²) in [7, 11) is 2.19. The molecule has 0 saturated carbocycles. The van der Waals surface area contributed by atoms with Gasteiger partial charge in [0.1, 0.15) is 11.9 Å². The first-order valence-electron chi connectivity index (χ1n) is 10.0. The number of halogens is 1. The average Bonchev–Trinajstić information content (AvgIpc) is 3.07. The van der Waals surface area contributed by atoms with Gasteiger partial charge >= 0.3 is 0 Å². The van der Waals surface area contributed by atoms with Crippen molar-refractivity contribution >= 4 is 22.5 Å². The quantitative estimate of drug-likeness (QED) is 0.680. The molecule has 1 unspecified atom stereocenters. The second-order valence-corrected chi connectivity index (χ2v) is 8.28. The summed E-state index contributed by atoms with van der Waals surface area (Å²) in [6, 6.07) is 14.9. The minimum atomic E-state index is 0.215. The lowest BCUT2D eigenvalue weighted by atomic mass is 9.93. The smallest absolute Gasteiger partial charge is 0.119 e. The van der Waals surface area contributed by atoms with Gasteiger partial charge in [0.15, 0.2) is 0 Å². The van der Waals surface area contributed by atoms with Crippen LogP contribution in [0.3, 0.4) is 0 Å². The normalized spacial score (nSPS) is 21.0. The highest BCUT2D eigenvalue weighted by molar-refractivity contribution is 6.31. The zero-order valence-corrected chi connectivity index (χ0v) is 16.8. The van der Waals surface area contributed by atoms with E-state index in [1.54, 1.807) is 0 Å². The first kappa shape index (κ1) is 18.0.